The van der Waals surface area contributed by atoms with Gasteiger partial charge in [0.05, 0.1) is 19.2 Å². The number of carbonyl (C=O) groups excluding carboxylic acids is 2. The van der Waals surface area contributed by atoms with Gasteiger partial charge in [-0.1, -0.05) is 13.8 Å². The number of rotatable bonds is 6. The second-order valence-corrected chi connectivity index (χ2v) is 8.26. The molecule has 0 bridgehead atoms. The second kappa shape index (κ2) is 9.44. The highest BCUT2D eigenvalue weighted by molar-refractivity contribution is 5.88. The van der Waals surface area contributed by atoms with Gasteiger partial charge in [-0.15, -0.1) is 0 Å². The first-order valence-electron chi connectivity index (χ1n) is 10.7. The van der Waals surface area contributed by atoms with Crippen LogP contribution in [-0.2, 0) is 16.0 Å². The Morgan fingerprint density at radius 2 is 1.97 bits per heavy atom. The van der Waals surface area contributed by atoms with Crippen molar-refractivity contribution in [1.29, 1.82) is 0 Å². The van der Waals surface area contributed by atoms with Crippen molar-refractivity contribution < 1.29 is 14.0 Å². The average molecular weight is 400 g/mol. The van der Waals surface area contributed by atoms with E-state index in [4.69, 9.17) is 4.42 Å². The maximum Gasteiger partial charge on any atom is 0.234 e. The van der Waals surface area contributed by atoms with E-state index in [9.17, 15) is 9.59 Å². The number of carbonyl (C=O) groups is 2. The first-order chi connectivity index (χ1) is 13.9. The van der Waals surface area contributed by atoms with Crippen LogP contribution >= 0.6 is 0 Å². The van der Waals surface area contributed by atoms with E-state index >= 15 is 0 Å². The third kappa shape index (κ3) is 5.18. The number of fused-ring (bicyclic) bond motifs is 1. The van der Waals surface area contributed by atoms with Crippen LogP contribution in [0.1, 0.15) is 49.8 Å². The third-order valence-electron chi connectivity index (χ3n) is 5.69. The summed E-state index contributed by atoms with van der Waals surface area (Å²) in [5, 5.41) is 3.88. The normalized spacial score (nSPS) is 15.7. The molecule has 0 atom stereocenters. The number of furan rings is 1. The smallest absolute Gasteiger partial charge is 0.234 e. The van der Waals surface area contributed by atoms with Crippen molar-refractivity contribution in [1.82, 2.24) is 15.1 Å². The fourth-order valence-electron chi connectivity index (χ4n) is 4.11. The summed E-state index contributed by atoms with van der Waals surface area (Å²) in [5.41, 5.74) is 4.32. The lowest BCUT2D eigenvalue weighted by atomic mass is 9.95. The molecule has 1 aromatic carbocycles. The molecular formula is C23H33N3O3. The molecule has 0 saturated carbocycles. The number of hydrogen-bond donors (Lipinski definition) is 1. The van der Waals surface area contributed by atoms with Gasteiger partial charge in [0, 0.05) is 43.7 Å². The lowest BCUT2D eigenvalue weighted by molar-refractivity contribution is -0.130. The summed E-state index contributed by atoms with van der Waals surface area (Å²) < 4.78 is 5.74. The molecule has 2 amide bonds. The number of aryl methyl sites for hydroxylation is 1. The van der Waals surface area contributed by atoms with Crippen LogP contribution < -0.4 is 5.32 Å². The van der Waals surface area contributed by atoms with Crippen molar-refractivity contribution in [2.75, 3.05) is 39.3 Å². The van der Waals surface area contributed by atoms with Gasteiger partial charge in [0.25, 0.3) is 0 Å². The first-order valence-corrected chi connectivity index (χ1v) is 10.7. The molecule has 29 heavy (non-hydrogen) atoms. The van der Waals surface area contributed by atoms with Gasteiger partial charge in [-0.2, -0.15) is 0 Å². The van der Waals surface area contributed by atoms with E-state index < -0.39 is 0 Å². The Balaban J connectivity index is 1.66. The molecule has 2 aromatic rings. The minimum absolute atomic E-state index is 0.0494. The molecule has 1 aromatic heterocycles. The molecule has 1 saturated heterocycles. The van der Waals surface area contributed by atoms with E-state index in [2.05, 4.69) is 43.1 Å². The fraction of sp³-hybridized carbons (Fsp3) is 0.565. The molecule has 6 nitrogen and oxygen atoms in total. The summed E-state index contributed by atoms with van der Waals surface area (Å²) in [6.07, 6.45) is 2.96. The topological polar surface area (TPSA) is 65.8 Å². The van der Waals surface area contributed by atoms with Gasteiger partial charge in [-0.25, -0.2) is 0 Å². The summed E-state index contributed by atoms with van der Waals surface area (Å²) in [5.74, 6) is 0.604. The summed E-state index contributed by atoms with van der Waals surface area (Å²) in [4.78, 5) is 28.8. The average Bonchev–Trinajstić information content (AvgIpc) is 2.89. The molecule has 1 aliphatic heterocycles. The van der Waals surface area contributed by atoms with Crippen LogP contribution in [0.15, 0.2) is 22.8 Å². The van der Waals surface area contributed by atoms with Gasteiger partial charge < -0.3 is 14.6 Å². The highest BCUT2D eigenvalue weighted by Crippen LogP contribution is 2.29. The molecule has 0 radical (unpaired) electrons. The van der Waals surface area contributed by atoms with E-state index in [0.29, 0.717) is 32.0 Å². The number of nitrogens with one attached hydrogen (secondary N) is 1. The van der Waals surface area contributed by atoms with Crippen LogP contribution in [0, 0.1) is 6.92 Å². The molecule has 158 valence electrons. The second-order valence-electron chi connectivity index (χ2n) is 8.26. The Hall–Kier alpha value is -2.34. The Bertz CT molecular complexity index is 872. The third-order valence-corrected chi connectivity index (χ3v) is 5.69. The molecule has 0 aliphatic carbocycles. The number of likely N-dealkylation sites (N-methyl/N-ethyl adjacent to an activating group) is 1. The lowest BCUT2D eigenvalue weighted by Gasteiger charge is -2.21. The van der Waals surface area contributed by atoms with Crippen molar-refractivity contribution in [2.24, 2.45) is 0 Å². The molecule has 3 rings (SSSR count). The van der Waals surface area contributed by atoms with E-state index in [0.717, 1.165) is 42.6 Å². The van der Waals surface area contributed by atoms with Crippen molar-refractivity contribution in [3.8, 4) is 0 Å². The molecule has 1 fully saturated rings. The van der Waals surface area contributed by atoms with Gasteiger partial charge in [0.1, 0.15) is 5.58 Å². The van der Waals surface area contributed by atoms with Crippen LogP contribution in [0.25, 0.3) is 11.0 Å². The monoisotopic (exact) mass is 399 g/mol. The predicted molar refractivity (Wildman–Crippen MR) is 115 cm³/mol. The number of nitrogens with zero attached hydrogens (tertiary/aromatic N) is 2. The predicted octanol–water partition coefficient (Wildman–Crippen LogP) is 3.08. The van der Waals surface area contributed by atoms with Crippen molar-refractivity contribution in [3.05, 3.63) is 35.1 Å². The van der Waals surface area contributed by atoms with Gasteiger partial charge in [-0.05, 0) is 49.4 Å². The SMILES string of the molecule is CCNC(=O)CN1CCCN(C(=O)Cc2coc3cc(C)c(C(C)C)cc23)CC1. The quantitative estimate of drug-likeness (QED) is 0.811. The van der Waals surface area contributed by atoms with Gasteiger partial charge in [0.2, 0.25) is 11.8 Å². The minimum atomic E-state index is 0.0494. The summed E-state index contributed by atoms with van der Waals surface area (Å²) >= 11 is 0. The van der Waals surface area contributed by atoms with Crippen LogP contribution in [0.3, 0.4) is 0 Å². The zero-order valence-corrected chi connectivity index (χ0v) is 18.1. The Kier molecular flexibility index (Phi) is 6.96. The van der Waals surface area contributed by atoms with Crippen molar-refractivity contribution in [3.63, 3.8) is 0 Å². The van der Waals surface area contributed by atoms with Crippen molar-refractivity contribution in [2.45, 2.75) is 46.5 Å². The van der Waals surface area contributed by atoms with E-state index in [1.165, 1.54) is 11.1 Å². The molecule has 1 N–H and O–H groups in total. The summed E-state index contributed by atoms with van der Waals surface area (Å²) in [6, 6.07) is 4.25. The van der Waals surface area contributed by atoms with E-state index in [1.807, 2.05) is 11.8 Å². The van der Waals surface area contributed by atoms with Gasteiger partial charge in [0.15, 0.2) is 0 Å². The van der Waals surface area contributed by atoms with Crippen LogP contribution in [0.4, 0.5) is 0 Å². The Labute approximate surface area is 173 Å². The molecule has 1 aliphatic rings. The Morgan fingerprint density at radius 3 is 2.69 bits per heavy atom. The van der Waals surface area contributed by atoms with E-state index in [1.54, 1.807) is 6.26 Å². The number of hydrogen-bond acceptors (Lipinski definition) is 4. The first kappa shape index (κ1) is 21.4. The molecule has 6 heteroatoms. The van der Waals surface area contributed by atoms with Gasteiger partial charge >= 0.3 is 0 Å². The minimum Gasteiger partial charge on any atom is -0.464 e. The summed E-state index contributed by atoms with van der Waals surface area (Å²) in [7, 11) is 0. The van der Waals surface area contributed by atoms with Crippen molar-refractivity contribution >= 4 is 22.8 Å². The van der Waals surface area contributed by atoms with Crippen LogP contribution in [0.5, 0.6) is 0 Å². The standard InChI is InChI=1S/C23H33N3O3/c1-5-24-22(27)14-25-7-6-8-26(10-9-25)23(28)12-18-15-29-21-11-17(4)19(16(2)3)13-20(18)21/h11,13,15-16H,5-10,12,14H2,1-4H3,(H,24,27). The Morgan fingerprint density at radius 1 is 1.17 bits per heavy atom. The molecular weight excluding hydrogens is 366 g/mol. The highest BCUT2D eigenvalue weighted by Gasteiger charge is 2.22. The fourth-order valence-corrected chi connectivity index (χ4v) is 4.11. The summed E-state index contributed by atoms with van der Waals surface area (Å²) in [6.45, 7) is 12.4. The lowest BCUT2D eigenvalue weighted by Crippen LogP contribution is -2.40. The molecule has 0 unspecified atom stereocenters. The molecule has 0 spiro atoms. The van der Waals surface area contributed by atoms with Gasteiger partial charge in [-0.3, -0.25) is 14.5 Å². The van der Waals surface area contributed by atoms with Crippen LogP contribution in [0.2, 0.25) is 0 Å². The highest BCUT2D eigenvalue weighted by atomic mass is 16.3. The number of benzene rings is 1. The van der Waals surface area contributed by atoms with E-state index in [-0.39, 0.29) is 11.8 Å². The largest absolute Gasteiger partial charge is 0.464 e. The van der Waals surface area contributed by atoms with Crippen LogP contribution in [-0.4, -0.2) is 60.9 Å². The zero-order chi connectivity index (χ0) is 21.0. The maximum absolute atomic E-state index is 13.0. The maximum atomic E-state index is 13.0. The number of amides is 2. The molecule has 2 heterocycles. The zero-order valence-electron chi connectivity index (χ0n) is 18.1.